The lowest BCUT2D eigenvalue weighted by molar-refractivity contribution is 0.0494. The maximum atomic E-state index is 5.74. The van der Waals surface area contributed by atoms with Crippen molar-refractivity contribution >= 4 is 0 Å². The van der Waals surface area contributed by atoms with Gasteiger partial charge in [-0.1, -0.05) is 20.3 Å². The van der Waals surface area contributed by atoms with Crippen molar-refractivity contribution in [3.63, 3.8) is 0 Å². The van der Waals surface area contributed by atoms with Crippen molar-refractivity contribution in [2.45, 2.75) is 39.2 Å². The number of ether oxygens (including phenoxy) is 1. The molecule has 0 amide bonds. The van der Waals surface area contributed by atoms with E-state index in [-0.39, 0.29) is 0 Å². The van der Waals surface area contributed by atoms with Gasteiger partial charge in [0.15, 0.2) is 0 Å². The lowest BCUT2D eigenvalue weighted by atomic mass is 9.77. The summed E-state index contributed by atoms with van der Waals surface area (Å²) in [6, 6.07) is 0. The maximum Gasteiger partial charge on any atom is 0.0609 e. The predicted octanol–water partition coefficient (Wildman–Crippen LogP) is 2.46. The Morgan fingerprint density at radius 3 is 2.82 bits per heavy atom. The minimum atomic E-state index is 0.619. The number of hydrogen-bond donors (Lipinski definition) is 0. The van der Waals surface area contributed by atoms with Crippen LogP contribution in [0.3, 0.4) is 0 Å². The third-order valence-electron chi connectivity index (χ3n) is 3.41. The Kier molecular flexibility index (Phi) is 1.92. The fourth-order valence-electron chi connectivity index (χ4n) is 2.59. The molecule has 1 aliphatic heterocycles. The van der Waals surface area contributed by atoms with E-state index in [4.69, 9.17) is 4.74 Å². The molecular formula is C10H18O. The Morgan fingerprint density at radius 1 is 1.18 bits per heavy atom. The molecule has 0 N–H and O–H groups in total. The monoisotopic (exact) mass is 154 g/mol. The SMILES string of the molecule is C[C@@H]1CC[C@H]2[C@H](C)CO[C@@H]2C1. The van der Waals surface area contributed by atoms with Crippen LogP contribution in [0.5, 0.6) is 0 Å². The molecule has 1 aliphatic carbocycles. The fourth-order valence-corrected chi connectivity index (χ4v) is 2.59. The summed E-state index contributed by atoms with van der Waals surface area (Å²) in [5, 5.41) is 0. The summed E-state index contributed by atoms with van der Waals surface area (Å²) in [6.45, 7) is 5.70. The molecule has 1 heterocycles. The molecule has 0 unspecified atom stereocenters. The van der Waals surface area contributed by atoms with Crippen molar-refractivity contribution in [3.05, 3.63) is 0 Å². The van der Waals surface area contributed by atoms with E-state index in [1.807, 2.05) is 0 Å². The molecule has 1 heteroatoms. The highest BCUT2D eigenvalue weighted by Gasteiger charge is 2.37. The van der Waals surface area contributed by atoms with Crippen LogP contribution in [0.25, 0.3) is 0 Å². The average molecular weight is 154 g/mol. The summed E-state index contributed by atoms with van der Waals surface area (Å²) < 4.78 is 5.74. The molecule has 0 aromatic rings. The van der Waals surface area contributed by atoms with Gasteiger partial charge in [0.25, 0.3) is 0 Å². The summed E-state index contributed by atoms with van der Waals surface area (Å²) in [7, 11) is 0. The minimum Gasteiger partial charge on any atom is -0.378 e. The van der Waals surface area contributed by atoms with Crippen molar-refractivity contribution in [2.75, 3.05) is 6.61 Å². The first-order chi connectivity index (χ1) is 5.27. The van der Waals surface area contributed by atoms with Gasteiger partial charge in [-0.2, -0.15) is 0 Å². The Balaban J connectivity index is 2.00. The Labute approximate surface area is 69.1 Å². The third kappa shape index (κ3) is 1.31. The largest absolute Gasteiger partial charge is 0.378 e. The van der Waals surface area contributed by atoms with E-state index >= 15 is 0 Å². The summed E-state index contributed by atoms with van der Waals surface area (Å²) in [6.07, 6.45) is 4.77. The summed E-state index contributed by atoms with van der Waals surface area (Å²) in [4.78, 5) is 0. The van der Waals surface area contributed by atoms with Crippen molar-refractivity contribution in [1.29, 1.82) is 0 Å². The Bertz CT molecular complexity index is 144. The molecule has 0 aromatic heterocycles. The normalized spacial score (nSPS) is 50.7. The van der Waals surface area contributed by atoms with Gasteiger partial charge in [-0.05, 0) is 30.6 Å². The van der Waals surface area contributed by atoms with E-state index in [0.29, 0.717) is 6.10 Å². The minimum absolute atomic E-state index is 0.619. The molecule has 0 radical (unpaired) electrons. The third-order valence-corrected chi connectivity index (χ3v) is 3.41. The lowest BCUT2D eigenvalue weighted by Gasteiger charge is -2.30. The standard InChI is InChI=1S/C10H18O/c1-7-3-4-9-8(2)6-11-10(9)5-7/h7-10H,3-6H2,1-2H3/t7-,8-,9+,10-/m1/s1. The van der Waals surface area contributed by atoms with Gasteiger partial charge in [0.2, 0.25) is 0 Å². The van der Waals surface area contributed by atoms with Crippen LogP contribution in [0.2, 0.25) is 0 Å². The average Bonchev–Trinajstić information content (AvgIpc) is 2.32. The van der Waals surface area contributed by atoms with Gasteiger partial charge >= 0.3 is 0 Å². The summed E-state index contributed by atoms with van der Waals surface area (Å²) in [5.41, 5.74) is 0. The topological polar surface area (TPSA) is 9.23 Å². The smallest absolute Gasteiger partial charge is 0.0609 e. The molecule has 1 saturated heterocycles. The molecule has 1 nitrogen and oxygen atoms in total. The quantitative estimate of drug-likeness (QED) is 0.521. The zero-order valence-corrected chi connectivity index (χ0v) is 7.55. The van der Waals surface area contributed by atoms with Gasteiger partial charge in [-0.25, -0.2) is 0 Å². The second kappa shape index (κ2) is 2.78. The molecule has 0 aromatic carbocycles. The van der Waals surface area contributed by atoms with Crippen molar-refractivity contribution < 1.29 is 4.74 Å². The highest BCUT2D eigenvalue weighted by Crippen LogP contribution is 2.39. The molecular weight excluding hydrogens is 136 g/mol. The molecule has 0 bridgehead atoms. The van der Waals surface area contributed by atoms with Crippen LogP contribution in [-0.4, -0.2) is 12.7 Å². The summed E-state index contributed by atoms with van der Waals surface area (Å²) >= 11 is 0. The van der Waals surface area contributed by atoms with Crippen LogP contribution < -0.4 is 0 Å². The molecule has 2 fully saturated rings. The van der Waals surface area contributed by atoms with E-state index in [2.05, 4.69) is 13.8 Å². The van der Waals surface area contributed by atoms with E-state index in [1.165, 1.54) is 19.3 Å². The molecule has 64 valence electrons. The zero-order valence-electron chi connectivity index (χ0n) is 7.55. The van der Waals surface area contributed by atoms with E-state index in [9.17, 15) is 0 Å². The van der Waals surface area contributed by atoms with Crippen molar-refractivity contribution in [2.24, 2.45) is 17.8 Å². The first-order valence-electron chi connectivity index (χ1n) is 4.89. The molecule has 0 spiro atoms. The molecule has 1 saturated carbocycles. The van der Waals surface area contributed by atoms with E-state index in [1.54, 1.807) is 0 Å². The Morgan fingerprint density at radius 2 is 2.00 bits per heavy atom. The van der Waals surface area contributed by atoms with Crippen molar-refractivity contribution in [3.8, 4) is 0 Å². The molecule has 2 rings (SSSR count). The van der Waals surface area contributed by atoms with Crippen LogP contribution in [0.1, 0.15) is 33.1 Å². The molecule has 2 aliphatic rings. The summed E-state index contributed by atoms with van der Waals surface area (Å²) in [5.74, 6) is 2.63. The highest BCUT2D eigenvalue weighted by molar-refractivity contribution is 4.86. The van der Waals surface area contributed by atoms with Gasteiger partial charge in [0, 0.05) is 6.61 Å². The van der Waals surface area contributed by atoms with Crippen molar-refractivity contribution in [1.82, 2.24) is 0 Å². The predicted molar refractivity (Wildman–Crippen MR) is 45.4 cm³/mol. The lowest BCUT2D eigenvalue weighted by Crippen LogP contribution is -2.27. The number of rotatable bonds is 0. The second-order valence-electron chi connectivity index (χ2n) is 4.43. The van der Waals surface area contributed by atoms with Crippen LogP contribution in [-0.2, 0) is 4.74 Å². The number of fused-ring (bicyclic) bond motifs is 1. The van der Waals surface area contributed by atoms with Crippen LogP contribution in [0, 0.1) is 17.8 Å². The van der Waals surface area contributed by atoms with Crippen LogP contribution in [0.15, 0.2) is 0 Å². The second-order valence-corrected chi connectivity index (χ2v) is 4.43. The number of hydrogen-bond acceptors (Lipinski definition) is 1. The first-order valence-corrected chi connectivity index (χ1v) is 4.89. The zero-order chi connectivity index (χ0) is 7.84. The van der Waals surface area contributed by atoms with E-state index < -0.39 is 0 Å². The first kappa shape index (κ1) is 7.60. The molecule has 4 atom stereocenters. The van der Waals surface area contributed by atoms with Gasteiger partial charge < -0.3 is 4.74 Å². The van der Waals surface area contributed by atoms with Gasteiger partial charge in [-0.15, -0.1) is 0 Å². The molecule has 11 heavy (non-hydrogen) atoms. The fraction of sp³-hybridized carbons (Fsp3) is 1.00. The van der Waals surface area contributed by atoms with Gasteiger partial charge in [0.05, 0.1) is 6.10 Å². The van der Waals surface area contributed by atoms with Gasteiger partial charge in [-0.3, -0.25) is 0 Å². The van der Waals surface area contributed by atoms with Crippen LogP contribution >= 0.6 is 0 Å². The Hall–Kier alpha value is -0.0400. The van der Waals surface area contributed by atoms with E-state index in [0.717, 1.165) is 24.4 Å². The van der Waals surface area contributed by atoms with Gasteiger partial charge in [0.1, 0.15) is 0 Å². The maximum absolute atomic E-state index is 5.74. The highest BCUT2D eigenvalue weighted by atomic mass is 16.5. The van der Waals surface area contributed by atoms with Crippen LogP contribution in [0.4, 0.5) is 0 Å².